The summed E-state index contributed by atoms with van der Waals surface area (Å²) in [5, 5.41) is 11.1. The van der Waals surface area contributed by atoms with Crippen LogP contribution in [0.4, 0.5) is 0 Å². The average molecular weight is 343 g/mol. The van der Waals surface area contributed by atoms with Crippen molar-refractivity contribution in [1.29, 1.82) is 5.26 Å². The maximum atomic E-state index is 9.23. The van der Waals surface area contributed by atoms with Crippen molar-refractivity contribution in [1.82, 2.24) is 4.98 Å². The molecule has 3 aromatic rings. The molecule has 0 saturated carbocycles. The molecule has 1 heterocycles. The lowest BCUT2D eigenvalue weighted by Gasteiger charge is -2.12. The van der Waals surface area contributed by atoms with Crippen molar-refractivity contribution in [2.75, 3.05) is 0 Å². The third-order valence-electron chi connectivity index (χ3n) is 3.48. The molecule has 0 atom stereocenters. The molecule has 0 radical (unpaired) electrons. The van der Waals surface area contributed by atoms with Crippen molar-refractivity contribution >= 4 is 34.1 Å². The normalized spacial score (nSPS) is 10.5. The molecule has 0 aliphatic carbocycles. The summed E-state index contributed by atoms with van der Waals surface area (Å²) >= 11 is 12.3. The van der Waals surface area contributed by atoms with Gasteiger partial charge in [-0.2, -0.15) is 5.26 Å². The van der Waals surface area contributed by atoms with Crippen LogP contribution in [-0.4, -0.2) is 4.98 Å². The summed E-state index contributed by atoms with van der Waals surface area (Å²) in [7, 11) is 0. The predicted octanol–water partition coefficient (Wildman–Crippen LogP) is 5.30. The number of para-hydroxylation sites is 1. The van der Waals surface area contributed by atoms with Crippen LogP contribution in [0.15, 0.2) is 42.5 Å². The highest BCUT2D eigenvalue weighted by molar-refractivity contribution is 6.35. The number of nitriles is 1. The van der Waals surface area contributed by atoms with Crippen LogP contribution in [0.3, 0.4) is 0 Å². The SMILES string of the molecule is Cc1cc(OCc2c(Cl)cccc2Cl)c2cccc(C#N)c2n1. The van der Waals surface area contributed by atoms with Gasteiger partial charge in [0.25, 0.3) is 0 Å². The maximum Gasteiger partial charge on any atom is 0.131 e. The second kappa shape index (κ2) is 6.45. The Labute approximate surface area is 144 Å². The van der Waals surface area contributed by atoms with Gasteiger partial charge in [-0.15, -0.1) is 0 Å². The van der Waals surface area contributed by atoms with Gasteiger partial charge in [0.05, 0.1) is 11.1 Å². The molecule has 1 aromatic heterocycles. The minimum atomic E-state index is 0.244. The van der Waals surface area contributed by atoms with E-state index in [1.807, 2.05) is 25.1 Å². The highest BCUT2D eigenvalue weighted by Crippen LogP contribution is 2.30. The molecule has 2 aromatic carbocycles. The molecule has 3 nitrogen and oxygen atoms in total. The lowest BCUT2D eigenvalue weighted by molar-refractivity contribution is 0.310. The van der Waals surface area contributed by atoms with E-state index in [2.05, 4.69) is 11.1 Å². The smallest absolute Gasteiger partial charge is 0.131 e. The number of rotatable bonds is 3. The molecule has 5 heteroatoms. The molecule has 23 heavy (non-hydrogen) atoms. The number of aryl methyl sites for hydroxylation is 1. The summed E-state index contributed by atoms with van der Waals surface area (Å²) in [6.07, 6.45) is 0. The van der Waals surface area contributed by atoms with Gasteiger partial charge in [-0.3, -0.25) is 4.98 Å². The van der Waals surface area contributed by atoms with Crippen LogP contribution < -0.4 is 4.74 Å². The number of nitrogens with zero attached hydrogens (tertiary/aromatic N) is 2. The number of pyridine rings is 1. The minimum absolute atomic E-state index is 0.244. The van der Waals surface area contributed by atoms with Gasteiger partial charge in [-0.1, -0.05) is 35.3 Å². The van der Waals surface area contributed by atoms with Crippen molar-refractivity contribution in [2.45, 2.75) is 13.5 Å². The van der Waals surface area contributed by atoms with Crippen LogP contribution in [-0.2, 0) is 6.61 Å². The van der Waals surface area contributed by atoms with Gasteiger partial charge < -0.3 is 4.74 Å². The fraction of sp³-hybridized carbons (Fsp3) is 0.111. The fourth-order valence-electron chi connectivity index (χ4n) is 2.37. The fourth-order valence-corrected chi connectivity index (χ4v) is 2.88. The standard InChI is InChI=1S/C18H12Cl2N2O/c1-11-8-17(13-5-2-4-12(9-21)18(13)22-11)23-10-14-15(19)6-3-7-16(14)20/h2-8H,10H2,1H3. The monoisotopic (exact) mass is 342 g/mol. The molecule has 0 bridgehead atoms. The Bertz CT molecular complexity index is 912. The Morgan fingerprint density at radius 2 is 1.83 bits per heavy atom. The lowest BCUT2D eigenvalue weighted by Crippen LogP contribution is -2.00. The molecular weight excluding hydrogens is 331 g/mol. The van der Waals surface area contributed by atoms with Crippen LogP contribution in [0, 0.1) is 18.3 Å². The summed E-state index contributed by atoms with van der Waals surface area (Å²) < 4.78 is 5.93. The quantitative estimate of drug-likeness (QED) is 0.648. The van der Waals surface area contributed by atoms with Crippen molar-refractivity contribution in [2.24, 2.45) is 0 Å². The third-order valence-corrected chi connectivity index (χ3v) is 4.19. The second-order valence-electron chi connectivity index (χ2n) is 5.06. The Kier molecular flexibility index (Phi) is 4.38. The van der Waals surface area contributed by atoms with Gasteiger partial charge in [0.2, 0.25) is 0 Å². The molecule has 114 valence electrons. The Morgan fingerprint density at radius 3 is 2.52 bits per heavy atom. The lowest BCUT2D eigenvalue weighted by atomic mass is 10.1. The molecule has 0 aliphatic rings. The minimum Gasteiger partial charge on any atom is -0.488 e. The second-order valence-corrected chi connectivity index (χ2v) is 5.88. The summed E-state index contributed by atoms with van der Waals surface area (Å²) in [5.41, 5.74) is 2.66. The van der Waals surface area contributed by atoms with Gasteiger partial charge >= 0.3 is 0 Å². The van der Waals surface area contributed by atoms with Crippen molar-refractivity contribution < 1.29 is 4.74 Å². The predicted molar refractivity (Wildman–Crippen MR) is 92.0 cm³/mol. The molecule has 0 N–H and O–H groups in total. The van der Waals surface area contributed by atoms with Gasteiger partial charge in [0, 0.05) is 32.8 Å². The molecule has 0 aliphatic heterocycles. The Morgan fingerprint density at radius 1 is 1.13 bits per heavy atom. The number of hydrogen-bond donors (Lipinski definition) is 0. The number of benzene rings is 2. The van der Waals surface area contributed by atoms with E-state index in [-0.39, 0.29) is 6.61 Å². The number of halogens is 2. The van der Waals surface area contributed by atoms with Crippen molar-refractivity contribution in [3.8, 4) is 11.8 Å². The first-order chi connectivity index (χ1) is 11.1. The molecule has 0 spiro atoms. The topological polar surface area (TPSA) is 45.9 Å². The molecular formula is C18H12Cl2N2O. The average Bonchev–Trinajstić information content (AvgIpc) is 2.53. The maximum absolute atomic E-state index is 9.23. The first kappa shape index (κ1) is 15.6. The van der Waals surface area contributed by atoms with Crippen LogP contribution in [0.2, 0.25) is 10.0 Å². The largest absolute Gasteiger partial charge is 0.488 e. The third kappa shape index (κ3) is 3.10. The summed E-state index contributed by atoms with van der Waals surface area (Å²) in [6, 6.07) is 14.8. The van der Waals surface area contributed by atoms with E-state index in [1.54, 1.807) is 24.3 Å². The van der Waals surface area contributed by atoms with E-state index in [0.717, 1.165) is 16.6 Å². The first-order valence-corrected chi connectivity index (χ1v) is 7.72. The number of fused-ring (bicyclic) bond motifs is 1. The van der Waals surface area contributed by atoms with Crippen molar-refractivity contribution in [3.63, 3.8) is 0 Å². The summed E-state index contributed by atoms with van der Waals surface area (Å²) in [4.78, 5) is 4.44. The molecule has 0 unspecified atom stereocenters. The molecule has 0 saturated heterocycles. The first-order valence-electron chi connectivity index (χ1n) is 6.96. The highest BCUT2D eigenvalue weighted by atomic mass is 35.5. The zero-order valence-corrected chi connectivity index (χ0v) is 13.8. The van der Waals surface area contributed by atoms with Gasteiger partial charge in [0.15, 0.2) is 0 Å². The van der Waals surface area contributed by atoms with Crippen LogP contribution >= 0.6 is 23.2 Å². The zero-order chi connectivity index (χ0) is 16.4. The van der Waals surface area contributed by atoms with Crippen LogP contribution in [0.25, 0.3) is 10.9 Å². The highest BCUT2D eigenvalue weighted by Gasteiger charge is 2.11. The summed E-state index contributed by atoms with van der Waals surface area (Å²) in [6.45, 7) is 2.11. The van der Waals surface area contributed by atoms with E-state index in [1.165, 1.54) is 0 Å². The molecule has 0 amide bonds. The van der Waals surface area contributed by atoms with Gasteiger partial charge in [0.1, 0.15) is 18.4 Å². The Balaban J connectivity index is 2.02. The number of ether oxygens (including phenoxy) is 1. The number of aromatic nitrogens is 1. The van der Waals surface area contributed by atoms with Crippen molar-refractivity contribution in [3.05, 3.63) is 69.3 Å². The van der Waals surface area contributed by atoms with E-state index in [9.17, 15) is 5.26 Å². The van der Waals surface area contributed by atoms with Crippen LogP contribution in [0.5, 0.6) is 5.75 Å². The van der Waals surface area contributed by atoms with Gasteiger partial charge in [-0.25, -0.2) is 0 Å². The zero-order valence-electron chi connectivity index (χ0n) is 12.3. The molecule has 3 rings (SSSR count). The summed E-state index contributed by atoms with van der Waals surface area (Å²) in [5.74, 6) is 0.653. The van der Waals surface area contributed by atoms with Crippen LogP contribution in [0.1, 0.15) is 16.8 Å². The van der Waals surface area contributed by atoms with E-state index < -0.39 is 0 Å². The molecule has 0 fully saturated rings. The Hall–Kier alpha value is -2.28. The van der Waals surface area contributed by atoms with E-state index in [0.29, 0.717) is 26.9 Å². The van der Waals surface area contributed by atoms with Gasteiger partial charge in [-0.05, 0) is 31.2 Å². The number of hydrogen-bond acceptors (Lipinski definition) is 3. The van der Waals surface area contributed by atoms with E-state index in [4.69, 9.17) is 27.9 Å². The van der Waals surface area contributed by atoms with E-state index >= 15 is 0 Å².